The molecule has 1 rings (SSSR count). The third-order valence-electron chi connectivity index (χ3n) is 2.27. The number of ether oxygens (including phenoxy) is 1. The van der Waals surface area contributed by atoms with Gasteiger partial charge < -0.3 is 4.74 Å². The van der Waals surface area contributed by atoms with Crippen LogP contribution in [0.3, 0.4) is 0 Å². The largest absolute Gasteiger partial charge is 0.473 e. The molecular formula is C12H17N3O. The first-order valence-corrected chi connectivity index (χ1v) is 5.59. The molecule has 4 heteroatoms. The van der Waals surface area contributed by atoms with Gasteiger partial charge in [0, 0.05) is 0 Å². The SMILES string of the molecule is CCc1nnc(OC(C)C)c(C#N)c1CC. The van der Waals surface area contributed by atoms with Crippen molar-refractivity contribution >= 4 is 0 Å². The standard InChI is InChI=1S/C12H17N3O/c1-5-9-10(7-13)12(16-8(3)4)15-14-11(9)6-2/h8H,5-6H2,1-4H3. The van der Waals surface area contributed by atoms with Gasteiger partial charge in [-0.2, -0.15) is 10.4 Å². The summed E-state index contributed by atoms with van der Waals surface area (Å²) in [4.78, 5) is 0. The summed E-state index contributed by atoms with van der Waals surface area (Å²) < 4.78 is 5.48. The lowest BCUT2D eigenvalue weighted by molar-refractivity contribution is 0.228. The monoisotopic (exact) mass is 219 g/mol. The normalized spacial score (nSPS) is 10.2. The van der Waals surface area contributed by atoms with Gasteiger partial charge in [0.05, 0.1) is 11.8 Å². The Morgan fingerprint density at radius 2 is 1.94 bits per heavy atom. The van der Waals surface area contributed by atoms with E-state index >= 15 is 0 Å². The molecule has 1 aromatic rings. The van der Waals surface area contributed by atoms with Gasteiger partial charge in [-0.3, -0.25) is 0 Å². The van der Waals surface area contributed by atoms with Crippen molar-refractivity contribution in [3.05, 3.63) is 16.8 Å². The van der Waals surface area contributed by atoms with Crippen LogP contribution in [0.5, 0.6) is 5.88 Å². The van der Waals surface area contributed by atoms with Crippen molar-refractivity contribution < 1.29 is 4.74 Å². The number of rotatable bonds is 4. The molecule has 0 N–H and O–H groups in total. The first-order valence-electron chi connectivity index (χ1n) is 5.59. The van der Waals surface area contributed by atoms with Gasteiger partial charge >= 0.3 is 0 Å². The van der Waals surface area contributed by atoms with E-state index in [2.05, 4.69) is 16.3 Å². The van der Waals surface area contributed by atoms with E-state index in [1.807, 2.05) is 27.7 Å². The average molecular weight is 219 g/mol. The maximum atomic E-state index is 9.17. The fourth-order valence-corrected chi connectivity index (χ4v) is 1.58. The van der Waals surface area contributed by atoms with Crippen LogP contribution in [-0.4, -0.2) is 16.3 Å². The van der Waals surface area contributed by atoms with Crippen LogP contribution < -0.4 is 4.74 Å². The molecule has 16 heavy (non-hydrogen) atoms. The molecule has 1 heterocycles. The minimum atomic E-state index is -0.00131. The highest BCUT2D eigenvalue weighted by Gasteiger charge is 2.15. The molecule has 0 fully saturated rings. The van der Waals surface area contributed by atoms with Crippen LogP contribution in [0, 0.1) is 11.3 Å². The summed E-state index contributed by atoms with van der Waals surface area (Å²) in [5.41, 5.74) is 2.37. The first kappa shape index (κ1) is 12.4. The summed E-state index contributed by atoms with van der Waals surface area (Å²) in [6.45, 7) is 7.83. The second-order valence-electron chi connectivity index (χ2n) is 3.79. The fourth-order valence-electron chi connectivity index (χ4n) is 1.58. The molecule has 0 aliphatic carbocycles. The lowest BCUT2D eigenvalue weighted by Crippen LogP contribution is -2.12. The molecule has 0 amide bonds. The third-order valence-corrected chi connectivity index (χ3v) is 2.27. The molecule has 0 radical (unpaired) electrons. The Kier molecular flexibility index (Phi) is 4.24. The molecule has 0 saturated heterocycles. The van der Waals surface area contributed by atoms with E-state index in [0.717, 1.165) is 24.1 Å². The minimum absolute atomic E-state index is 0.00131. The van der Waals surface area contributed by atoms with Gasteiger partial charge in [0.2, 0.25) is 0 Å². The van der Waals surface area contributed by atoms with Crippen LogP contribution >= 0.6 is 0 Å². The third kappa shape index (κ3) is 2.48. The van der Waals surface area contributed by atoms with Gasteiger partial charge in [0.25, 0.3) is 5.88 Å². The lowest BCUT2D eigenvalue weighted by atomic mass is 10.0. The summed E-state index contributed by atoms with van der Waals surface area (Å²) >= 11 is 0. The molecule has 0 aliphatic rings. The molecule has 0 aliphatic heterocycles. The predicted octanol–water partition coefficient (Wildman–Crippen LogP) is 2.26. The van der Waals surface area contributed by atoms with Gasteiger partial charge in [-0.15, -0.1) is 5.10 Å². The molecule has 0 saturated carbocycles. The Hall–Kier alpha value is -1.63. The summed E-state index contributed by atoms with van der Waals surface area (Å²) in [6, 6.07) is 2.17. The number of hydrogen-bond acceptors (Lipinski definition) is 4. The Balaban J connectivity index is 3.27. The molecule has 1 aromatic heterocycles. The van der Waals surface area contributed by atoms with Crippen LogP contribution in [0.2, 0.25) is 0 Å². The number of hydrogen-bond donors (Lipinski definition) is 0. The Labute approximate surface area is 96.3 Å². The number of aryl methyl sites for hydroxylation is 1. The molecule has 0 spiro atoms. The van der Waals surface area contributed by atoms with Crippen molar-refractivity contribution in [2.24, 2.45) is 0 Å². The Morgan fingerprint density at radius 3 is 2.38 bits per heavy atom. The fraction of sp³-hybridized carbons (Fsp3) is 0.583. The highest BCUT2D eigenvalue weighted by molar-refractivity contribution is 5.46. The zero-order valence-electron chi connectivity index (χ0n) is 10.2. The van der Waals surface area contributed by atoms with Crippen LogP contribution in [-0.2, 0) is 12.8 Å². The smallest absolute Gasteiger partial charge is 0.252 e. The minimum Gasteiger partial charge on any atom is -0.473 e. The lowest BCUT2D eigenvalue weighted by Gasteiger charge is -2.13. The maximum Gasteiger partial charge on any atom is 0.252 e. The van der Waals surface area contributed by atoms with Crippen LogP contribution in [0.4, 0.5) is 0 Å². The van der Waals surface area contributed by atoms with Crippen molar-refractivity contribution in [3.8, 4) is 11.9 Å². The van der Waals surface area contributed by atoms with Crippen molar-refractivity contribution in [2.75, 3.05) is 0 Å². The van der Waals surface area contributed by atoms with Crippen molar-refractivity contribution in [1.29, 1.82) is 5.26 Å². The van der Waals surface area contributed by atoms with E-state index < -0.39 is 0 Å². The van der Waals surface area contributed by atoms with E-state index in [4.69, 9.17) is 10.00 Å². The molecule has 0 atom stereocenters. The number of nitriles is 1. The number of aromatic nitrogens is 2. The predicted molar refractivity (Wildman–Crippen MR) is 61.3 cm³/mol. The van der Waals surface area contributed by atoms with E-state index in [1.165, 1.54) is 0 Å². The summed E-state index contributed by atoms with van der Waals surface area (Å²) in [6.07, 6.45) is 1.56. The molecular weight excluding hydrogens is 202 g/mol. The summed E-state index contributed by atoms with van der Waals surface area (Å²) in [5, 5.41) is 17.2. The van der Waals surface area contributed by atoms with Crippen molar-refractivity contribution in [2.45, 2.75) is 46.6 Å². The van der Waals surface area contributed by atoms with E-state index in [1.54, 1.807) is 0 Å². The van der Waals surface area contributed by atoms with Gasteiger partial charge in [0.15, 0.2) is 0 Å². The highest BCUT2D eigenvalue weighted by Crippen LogP contribution is 2.22. The van der Waals surface area contributed by atoms with Gasteiger partial charge in [-0.05, 0) is 32.3 Å². The second-order valence-corrected chi connectivity index (χ2v) is 3.79. The molecule has 86 valence electrons. The summed E-state index contributed by atoms with van der Waals surface area (Å²) in [5.74, 6) is 0.353. The van der Waals surface area contributed by atoms with Crippen LogP contribution in [0.25, 0.3) is 0 Å². The molecule has 0 aromatic carbocycles. The van der Waals surface area contributed by atoms with Gasteiger partial charge in [0.1, 0.15) is 11.6 Å². The van der Waals surface area contributed by atoms with E-state index in [9.17, 15) is 0 Å². The zero-order chi connectivity index (χ0) is 12.1. The molecule has 4 nitrogen and oxygen atoms in total. The maximum absolute atomic E-state index is 9.17. The topological polar surface area (TPSA) is 58.8 Å². The zero-order valence-corrected chi connectivity index (χ0v) is 10.2. The average Bonchev–Trinajstić information content (AvgIpc) is 2.27. The second kappa shape index (κ2) is 5.45. The van der Waals surface area contributed by atoms with E-state index in [0.29, 0.717) is 11.4 Å². The van der Waals surface area contributed by atoms with Crippen molar-refractivity contribution in [1.82, 2.24) is 10.2 Å². The highest BCUT2D eigenvalue weighted by atomic mass is 16.5. The first-order chi connectivity index (χ1) is 7.63. The van der Waals surface area contributed by atoms with Gasteiger partial charge in [-0.1, -0.05) is 13.8 Å². The molecule has 0 unspecified atom stereocenters. The number of nitrogens with zero attached hydrogens (tertiary/aromatic N) is 3. The van der Waals surface area contributed by atoms with Gasteiger partial charge in [-0.25, -0.2) is 0 Å². The van der Waals surface area contributed by atoms with Crippen LogP contribution in [0.1, 0.15) is 44.5 Å². The Bertz CT molecular complexity index is 407. The van der Waals surface area contributed by atoms with Crippen LogP contribution in [0.15, 0.2) is 0 Å². The van der Waals surface area contributed by atoms with Crippen molar-refractivity contribution in [3.63, 3.8) is 0 Å². The molecule has 0 bridgehead atoms. The Morgan fingerprint density at radius 1 is 1.25 bits per heavy atom. The van der Waals surface area contributed by atoms with E-state index in [-0.39, 0.29) is 6.10 Å². The summed E-state index contributed by atoms with van der Waals surface area (Å²) in [7, 11) is 0. The quantitative estimate of drug-likeness (QED) is 0.779.